The van der Waals surface area contributed by atoms with Crippen LogP contribution in [0.15, 0.2) is 57.9 Å². The van der Waals surface area contributed by atoms with E-state index in [-0.39, 0.29) is 23.1 Å². The third-order valence-electron chi connectivity index (χ3n) is 5.34. The van der Waals surface area contributed by atoms with Gasteiger partial charge < -0.3 is 10.4 Å². The van der Waals surface area contributed by atoms with Crippen LogP contribution < -0.4 is 5.32 Å². The lowest BCUT2D eigenvalue weighted by atomic mass is 9.95. The van der Waals surface area contributed by atoms with Crippen molar-refractivity contribution in [3.05, 3.63) is 64.1 Å². The van der Waals surface area contributed by atoms with Crippen LogP contribution in [0.3, 0.4) is 0 Å². The van der Waals surface area contributed by atoms with Crippen molar-refractivity contribution in [2.45, 2.75) is 55.8 Å². The van der Waals surface area contributed by atoms with Gasteiger partial charge in [-0.05, 0) is 72.8 Å². The first-order valence-corrected chi connectivity index (χ1v) is 12.8. The van der Waals surface area contributed by atoms with Gasteiger partial charge >= 0.3 is 6.18 Å². The number of hydrogen-bond acceptors (Lipinski definition) is 4. The molecule has 2 aromatic carbocycles. The number of hydrogen-bond donors (Lipinski definition) is 2. The fraction of sp³-hybridized carbons (Fsp3) is 0.478. The van der Waals surface area contributed by atoms with Gasteiger partial charge in [0.1, 0.15) is 0 Å². The number of nitrogens with one attached hydrogen (secondary N) is 1. The topological polar surface area (TPSA) is 69.6 Å². The fourth-order valence-electron chi connectivity index (χ4n) is 3.37. The monoisotopic (exact) mass is 550 g/mol. The first-order chi connectivity index (χ1) is 15.2. The van der Waals surface area contributed by atoms with Gasteiger partial charge in [-0.2, -0.15) is 17.5 Å². The summed E-state index contributed by atoms with van der Waals surface area (Å²) in [5.41, 5.74) is -0.0878. The number of aryl methyl sites for hydroxylation is 1. The molecule has 0 amide bonds. The maximum absolute atomic E-state index is 13.0. The van der Waals surface area contributed by atoms with E-state index in [1.165, 1.54) is 12.6 Å². The normalized spacial score (nSPS) is 14.0. The van der Waals surface area contributed by atoms with Crippen molar-refractivity contribution >= 4 is 26.0 Å². The van der Waals surface area contributed by atoms with E-state index in [1.54, 1.807) is 0 Å². The number of alkyl halides is 3. The van der Waals surface area contributed by atoms with Crippen LogP contribution in [0.2, 0.25) is 0 Å². The molecule has 2 rings (SSSR count). The molecule has 0 saturated heterocycles. The quantitative estimate of drug-likeness (QED) is 0.420. The number of likely N-dealkylation sites (N-methyl/N-ethyl adjacent to an activating group) is 1. The van der Waals surface area contributed by atoms with Crippen LogP contribution in [0.5, 0.6) is 0 Å². The Morgan fingerprint density at radius 2 is 1.76 bits per heavy atom. The molecule has 0 aliphatic heterocycles. The smallest absolute Gasteiger partial charge is 0.390 e. The zero-order valence-corrected chi connectivity index (χ0v) is 21.3. The average Bonchev–Trinajstić information content (AvgIpc) is 2.72. The molecular formula is C23H30BrF3N2O3S. The number of aliphatic hydroxyl groups is 1. The third kappa shape index (κ3) is 8.36. The summed E-state index contributed by atoms with van der Waals surface area (Å²) in [7, 11) is -3.02. The molecular weight excluding hydrogens is 521 g/mol. The summed E-state index contributed by atoms with van der Waals surface area (Å²) in [6, 6.07) is 12.6. The van der Waals surface area contributed by atoms with E-state index in [0.717, 1.165) is 35.7 Å². The van der Waals surface area contributed by atoms with Gasteiger partial charge in [0.05, 0.1) is 16.6 Å². The molecule has 0 aliphatic rings. The highest BCUT2D eigenvalue weighted by Gasteiger charge is 2.34. The number of rotatable bonds is 11. The highest BCUT2D eigenvalue weighted by atomic mass is 79.9. The number of halogens is 4. The Bertz CT molecular complexity index is 1020. The second kappa shape index (κ2) is 11.3. The van der Waals surface area contributed by atoms with Crippen LogP contribution in [0.1, 0.15) is 37.8 Å². The molecule has 0 heterocycles. The van der Waals surface area contributed by atoms with Crippen molar-refractivity contribution in [3.63, 3.8) is 0 Å². The Morgan fingerprint density at radius 3 is 2.36 bits per heavy atom. The summed E-state index contributed by atoms with van der Waals surface area (Å²) in [5, 5.41) is 13.6. The minimum Gasteiger partial charge on any atom is -0.390 e. The largest absolute Gasteiger partial charge is 0.416 e. The first-order valence-electron chi connectivity index (χ1n) is 10.5. The van der Waals surface area contributed by atoms with Gasteiger partial charge in [0.2, 0.25) is 10.0 Å². The van der Waals surface area contributed by atoms with Gasteiger partial charge in [0.15, 0.2) is 0 Å². The highest BCUT2D eigenvalue weighted by molar-refractivity contribution is 9.10. The molecule has 2 N–H and O–H groups in total. The maximum atomic E-state index is 13.0. The van der Waals surface area contributed by atoms with E-state index in [4.69, 9.17) is 0 Å². The Labute approximate surface area is 202 Å². The molecule has 184 valence electrons. The number of benzene rings is 2. The number of β-amino-alcohol motifs (C(OH)–C–C–N with tert-alkyl or cyclic N) is 1. The molecule has 33 heavy (non-hydrogen) atoms. The molecule has 0 saturated carbocycles. The summed E-state index contributed by atoms with van der Waals surface area (Å²) in [6.07, 6.45) is -2.99. The lowest BCUT2D eigenvalue weighted by Crippen LogP contribution is -2.46. The standard InChI is InChI=1S/C23H30BrF3N2O3S/c1-22(2,13-7-10-17-8-5-4-6-9-17)28-15-19(30)16-29(3)33(31,32)21-14-18(23(25,26)27)11-12-20(21)24/h4-6,8-9,11-12,14,19,28,30H,7,10,13,15-16H2,1-3H3/t19-/m1/s1. The van der Waals surface area contributed by atoms with E-state index in [1.807, 2.05) is 32.0 Å². The van der Waals surface area contributed by atoms with Gasteiger partial charge in [-0.3, -0.25) is 0 Å². The second-order valence-corrected chi connectivity index (χ2v) is 11.6. The molecule has 10 heteroatoms. The zero-order chi connectivity index (χ0) is 24.9. The fourth-order valence-corrected chi connectivity index (χ4v) is 5.52. The highest BCUT2D eigenvalue weighted by Crippen LogP contribution is 2.34. The van der Waals surface area contributed by atoms with Crippen molar-refractivity contribution in [2.75, 3.05) is 20.1 Å². The predicted molar refractivity (Wildman–Crippen MR) is 126 cm³/mol. The van der Waals surface area contributed by atoms with Crippen molar-refractivity contribution in [3.8, 4) is 0 Å². The van der Waals surface area contributed by atoms with E-state index < -0.39 is 32.8 Å². The van der Waals surface area contributed by atoms with Crippen molar-refractivity contribution in [1.82, 2.24) is 9.62 Å². The SMILES string of the molecule is CN(C[C@H](O)CNC(C)(C)CCCc1ccccc1)S(=O)(=O)c1cc(C(F)(F)F)ccc1Br. The van der Waals surface area contributed by atoms with E-state index in [9.17, 15) is 26.7 Å². The first kappa shape index (κ1) is 27.8. The van der Waals surface area contributed by atoms with Crippen LogP contribution in [0.4, 0.5) is 13.2 Å². The Morgan fingerprint density at radius 1 is 1.12 bits per heavy atom. The molecule has 0 aliphatic carbocycles. The summed E-state index contributed by atoms with van der Waals surface area (Å²) >= 11 is 3.02. The second-order valence-electron chi connectivity index (χ2n) is 8.69. The molecule has 5 nitrogen and oxygen atoms in total. The van der Waals surface area contributed by atoms with Crippen molar-refractivity contribution < 1.29 is 26.7 Å². The molecule has 2 aromatic rings. The van der Waals surface area contributed by atoms with Crippen LogP contribution in [0.25, 0.3) is 0 Å². The predicted octanol–water partition coefficient (Wildman–Crippen LogP) is 4.84. The molecule has 0 bridgehead atoms. The maximum Gasteiger partial charge on any atom is 0.416 e. The van der Waals surface area contributed by atoms with Gasteiger partial charge in [-0.25, -0.2) is 8.42 Å². The average molecular weight is 551 g/mol. The van der Waals surface area contributed by atoms with Crippen LogP contribution in [-0.2, 0) is 22.6 Å². The third-order valence-corrected chi connectivity index (χ3v) is 8.16. The summed E-state index contributed by atoms with van der Waals surface area (Å²) < 4.78 is 65.6. The summed E-state index contributed by atoms with van der Waals surface area (Å²) in [4.78, 5) is -0.499. The van der Waals surface area contributed by atoms with E-state index >= 15 is 0 Å². The Hall–Kier alpha value is -1.46. The Kier molecular flexibility index (Phi) is 9.52. The molecule has 0 spiro atoms. The molecule has 1 atom stereocenters. The molecule has 0 unspecified atom stereocenters. The van der Waals surface area contributed by atoms with Gasteiger partial charge in [-0.15, -0.1) is 0 Å². The number of nitrogens with zero attached hydrogens (tertiary/aromatic N) is 1. The Balaban J connectivity index is 1.93. The van der Waals surface area contributed by atoms with E-state index in [2.05, 4.69) is 33.4 Å². The summed E-state index contributed by atoms with van der Waals surface area (Å²) in [6.45, 7) is 3.88. The van der Waals surface area contributed by atoms with Crippen molar-refractivity contribution in [1.29, 1.82) is 0 Å². The summed E-state index contributed by atoms with van der Waals surface area (Å²) in [5.74, 6) is 0. The zero-order valence-electron chi connectivity index (χ0n) is 18.9. The number of sulfonamides is 1. The lowest BCUT2D eigenvalue weighted by molar-refractivity contribution is -0.137. The minimum absolute atomic E-state index is 0.0227. The molecule has 0 aromatic heterocycles. The van der Waals surface area contributed by atoms with Crippen LogP contribution >= 0.6 is 15.9 Å². The lowest BCUT2D eigenvalue weighted by Gasteiger charge is -2.29. The van der Waals surface area contributed by atoms with Crippen LogP contribution in [0, 0.1) is 0 Å². The number of aliphatic hydroxyl groups excluding tert-OH is 1. The van der Waals surface area contributed by atoms with Gasteiger partial charge in [0, 0.05) is 30.1 Å². The minimum atomic E-state index is -4.67. The molecule has 0 fully saturated rings. The van der Waals surface area contributed by atoms with Crippen molar-refractivity contribution in [2.24, 2.45) is 0 Å². The van der Waals surface area contributed by atoms with Gasteiger partial charge in [0.25, 0.3) is 0 Å². The van der Waals surface area contributed by atoms with E-state index in [0.29, 0.717) is 6.07 Å². The molecule has 0 radical (unpaired) electrons. The van der Waals surface area contributed by atoms with Gasteiger partial charge in [-0.1, -0.05) is 30.3 Å². The van der Waals surface area contributed by atoms with Crippen LogP contribution in [-0.4, -0.2) is 49.6 Å².